The highest BCUT2D eigenvalue weighted by atomic mass is 14.7. The van der Waals surface area contributed by atoms with Crippen molar-refractivity contribution < 1.29 is 0 Å². The van der Waals surface area contributed by atoms with Crippen molar-refractivity contribution in [2.45, 2.75) is 106 Å². The molecule has 4 heteroatoms. The van der Waals surface area contributed by atoms with E-state index in [4.69, 9.17) is 16.1 Å². The maximum atomic E-state index is 7.90. The van der Waals surface area contributed by atoms with Gasteiger partial charge in [-0.1, -0.05) is 72.8 Å². The van der Waals surface area contributed by atoms with Gasteiger partial charge in [0.25, 0.3) is 0 Å². The van der Waals surface area contributed by atoms with Gasteiger partial charge < -0.3 is 11.1 Å². The van der Waals surface area contributed by atoms with Crippen LogP contribution in [0.2, 0.25) is 0 Å². The van der Waals surface area contributed by atoms with Crippen LogP contribution in [0.4, 0.5) is 0 Å². The molecule has 0 unspecified atom stereocenters. The van der Waals surface area contributed by atoms with E-state index < -0.39 is 0 Å². The van der Waals surface area contributed by atoms with Gasteiger partial charge >= 0.3 is 0 Å². The third-order valence-corrected chi connectivity index (χ3v) is 5.80. The quantitative estimate of drug-likeness (QED) is 0.320. The molecule has 0 saturated heterocycles. The Balaban J connectivity index is 0.000000731. The molecule has 1 aromatic heterocycles. The van der Waals surface area contributed by atoms with Crippen LogP contribution >= 0.6 is 0 Å². The van der Waals surface area contributed by atoms with E-state index in [1.807, 2.05) is 33.9 Å². The fraction of sp³-hybridized carbons (Fsp3) is 0.567. The molecule has 0 radical (unpaired) electrons. The summed E-state index contributed by atoms with van der Waals surface area (Å²) in [4.78, 5) is 9.57. The Labute approximate surface area is 208 Å². The molecular weight excluding hydrogens is 416 g/mol. The van der Waals surface area contributed by atoms with Gasteiger partial charge in [-0.2, -0.15) is 0 Å². The minimum absolute atomic E-state index is 0.831. The summed E-state index contributed by atoms with van der Waals surface area (Å²) in [6, 6.07) is 4.13. The number of nitrogens with one attached hydrogen (secondary N) is 1. The van der Waals surface area contributed by atoms with Crippen molar-refractivity contribution in [3.05, 3.63) is 46.3 Å². The first kappa shape index (κ1) is 29.5. The largest absolute Gasteiger partial charge is 0.404 e. The molecule has 1 fully saturated rings. The molecule has 1 heterocycles. The fourth-order valence-corrected chi connectivity index (χ4v) is 3.98. The smallest absolute Gasteiger partial charge is 0.0774 e. The molecule has 2 aliphatic rings. The Kier molecular flexibility index (Phi) is 14.8. The molecule has 1 aromatic carbocycles. The lowest BCUT2D eigenvalue weighted by Crippen LogP contribution is -2.12. The van der Waals surface area contributed by atoms with Crippen LogP contribution in [0, 0.1) is 12.3 Å². The Bertz CT molecular complexity index is 936. The Morgan fingerprint density at radius 2 is 1.65 bits per heavy atom. The number of aryl methyl sites for hydroxylation is 2. The first-order valence-electron chi connectivity index (χ1n) is 13.6. The molecule has 0 amide bonds. The van der Waals surface area contributed by atoms with E-state index >= 15 is 0 Å². The van der Waals surface area contributed by atoms with Crippen LogP contribution in [0.15, 0.2) is 23.3 Å². The molecule has 2 aliphatic carbocycles. The molecule has 1 saturated carbocycles. The minimum atomic E-state index is 0.831. The number of hydrogen-bond acceptors (Lipinski definition) is 4. The molecule has 3 N–H and O–H groups in total. The number of unbranched alkanes of at least 4 members (excludes halogenated alkanes) is 2. The van der Waals surface area contributed by atoms with Crippen molar-refractivity contribution in [2.24, 2.45) is 10.7 Å². The second kappa shape index (κ2) is 17.0. The van der Waals surface area contributed by atoms with Crippen LogP contribution in [0.1, 0.15) is 114 Å². The minimum Gasteiger partial charge on any atom is -0.404 e. The second-order valence-electron chi connectivity index (χ2n) is 8.38. The number of pyridine rings is 1. The van der Waals surface area contributed by atoms with Crippen LogP contribution in [-0.4, -0.2) is 24.0 Å². The maximum Gasteiger partial charge on any atom is 0.0774 e. The SMILES string of the molecule is C1CC1.CC.CC.CCCCCN=C/C(=C\N)c1nc2ccc(C)c(C=N)c2c2c1CCCC2. The summed E-state index contributed by atoms with van der Waals surface area (Å²) < 4.78 is 0. The fourth-order valence-electron chi connectivity index (χ4n) is 3.98. The number of allylic oxidation sites excluding steroid dienone is 1. The molecule has 0 atom stereocenters. The first-order valence-corrected chi connectivity index (χ1v) is 13.6. The monoisotopic (exact) mass is 464 g/mol. The highest BCUT2D eigenvalue weighted by molar-refractivity contribution is 6.11. The van der Waals surface area contributed by atoms with Gasteiger partial charge in [-0.05, 0) is 61.8 Å². The van der Waals surface area contributed by atoms with Gasteiger partial charge in [-0.3, -0.25) is 4.99 Å². The third kappa shape index (κ3) is 8.38. The molecule has 4 nitrogen and oxygen atoms in total. The number of nitrogens with two attached hydrogens (primary N) is 1. The van der Waals surface area contributed by atoms with E-state index in [-0.39, 0.29) is 0 Å². The van der Waals surface area contributed by atoms with Gasteiger partial charge in [0.2, 0.25) is 0 Å². The summed E-state index contributed by atoms with van der Waals surface area (Å²) in [6.07, 6.45) is 17.4. The molecule has 188 valence electrons. The van der Waals surface area contributed by atoms with Gasteiger partial charge in [-0.15, -0.1) is 0 Å². The van der Waals surface area contributed by atoms with Crippen molar-refractivity contribution in [2.75, 3.05) is 6.54 Å². The molecule has 0 bridgehead atoms. The van der Waals surface area contributed by atoms with E-state index in [0.29, 0.717) is 0 Å². The lowest BCUT2D eigenvalue weighted by Gasteiger charge is -2.23. The van der Waals surface area contributed by atoms with E-state index in [0.717, 1.165) is 59.1 Å². The van der Waals surface area contributed by atoms with Crippen LogP contribution in [-0.2, 0) is 12.8 Å². The van der Waals surface area contributed by atoms with Crippen LogP contribution in [0.3, 0.4) is 0 Å². The Hall–Kier alpha value is -2.49. The van der Waals surface area contributed by atoms with Gasteiger partial charge in [0.1, 0.15) is 0 Å². The highest BCUT2D eigenvalue weighted by Gasteiger charge is 2.21. The zero-order chi connectivity index (χ0) is 25.3. The lowest BCUT2D eigenvalue weighted by atomic mass is 9.84. The van der Waals surface area contributed by atoms with E-state index in [2.05, 4.69) is 31.0 Å². The summed E-state index contributed by atoms with van der Waals surface area (Å²) in [6.45, 7) is 13.1. The van der Waals surface area contributed by atoms with Crippen LogP contribution in [0.5, 0.6) is 0 Å². The van der Waals surface area contributed by atoms with E-state index in [1.165, 1.54) is 62.3 Å². The van der Waals surface area contributed by atoms with E-state index in [1.54, 1.807) is 6.20 Å². The topological polar surface area (TPSA) is 75.1 Å². The van der Waals surface area contributed by atoms with Crippen molar-refractivity contribution in [1.29, 1.82) is 5.41 Å². The summed E-state index contributed by atoms with van der Waals surface area (Å²) >= 11 is 0. The summed E-state index contributed by atoms with van der Waals surface area (Å²) in [5.41, 5.74) is 13.6. The number of fused-ring (bicyclic) bond motifs is 3. The van der Waals surface area contributed by atoms with Gasteiger partial charge in [-0.25, -0.2) is 4.98 Å². The zero-order valence-corrected chi connectivity index (χ0v) is 22.6. The van der Waals surface area contributed by atoms with Crippen LogP contribution in [0.25, 0.3) is 16.5 Å². The third-order valence-electron chi connectivity index (χ3n) is 5.80. The number of hydrogen-bond donors (Lipinski definition) is 2. The van der Waals surface area contributed by atoms with Crippen molar-refractivity contribution >= 4 is 28.9 Å². The average Bonchev–Trinajstić information content (AvgIpc) is 3.78. The zero-order valence-electron chi connectivity index (χ0n) is 22.6. The predicted molar refractivity (Wildman–Crippen MR) is 153 cm³/mol. The Morgan fingerprint density at radius 1 is 1.00 bits per heavy atom. The molecule has 0 aliphatic heterocycles. The van der Waals surface area contributed by atoms with E-state index in [9.17, 15) is 0 Å². The molecule has 4 rings (SSSR count). The van der Waals surface area contributed by atoms with Gasteiger partial charge in [0.05, 0.1) is 11.2 Å². The first-order chi connectivity index (χ1) is 16.7. The lowest BCUT2D eigenvalue weighted by molar-refractivity contribution is 0.686. The number of nitrogens with zero attached hydrogens (tertiary/aromatic N) is 2. The number of aliphatic imine (C=N–C) groups is 1. The predicted octanol–water partition coefficient (Wildman–Crippen LogP) is 8.20. The van der Waals surface area contributed by atoms with Crippen molar-refractivity contribution in [1.82, 2.24) is 4.98 Å². The number of rotatable bonds is 7. The number of benzene rings is 1. The number of aromatic nitrogens is 1. The second-order valence-corrected chi connectivity index (χ2v) is 8.38. The normalized spacial score (nSPS) is 14.1. The van der Waals surface area contributed by atoms with Gasteiger partial charge in [0.15, 0.2) is 0 Å². The molecule has 0 spiro atoms. The summed E-state index contributed by atoms with van der Waals surface area (Å²) in [7, 11) is 0. The highest BCUT2D eigenvalue weighted by Crippen LogP contribution is 2.34. The standard InChI is InChI=1S/C23H30N4.C3H6.2C2H6/c1-3-4-7-12-26-15-17(13-24)23-19-9-6-5-8-18(19)22-20(14-25)16(2)10-11-21(22)27-23;1-2-3-1;2*1-2/h10-11,13-15,25H,3-9,12,24H2,1-2H3;1-3H2;2*1-2H3/b17-13+,25-14?,26-15?;;;. The Morgan fingerprint density at radius 3 is 2.21 bits per heavy atom. The molecule has 2 aromatic rings. The summed E-state index contributed by atoms with van der Waals surface area (Å²) in [5, 5.41) is 9.05. The van der Waals surface area contributed by atoms with Crippen molar-refractivity contribution in [3.8, 4) is 0 Å². The maximum absolute atomic E-state index is 7.90. The molecular formula is C30H48N4. The average molecular weight is 465 g/mol. The summed E-state index contributed by atoms with van der Waals surface area (Å²) in [5.74, 6) is 0. The van der Waals surface area contributed by atoms with Gasteiger partial charge in [0, 0.05) is 41.7 Å². The molecule has 34 heavy (non-hydrogen) atoms. The van der Waals surface area contributed by atoms with Crippen molar-refractivity contribution in [3.63, 3.8) is 0 Å². The van der Waals surface area contributed by atoms with Crippen LogP contribution < -0.4 is 5.73 Å².